The zero-order chi connectivity index (χ0) is 20.5. The van der Waals surface area contributed by atoms with Gasteiger partial charge in [0.25, 0.3) is 5.56 Å². The number of nitrogens with zero attached hydrogens (tertiary/aromatic N) is 2. The van der Waals surface area contributed by atoms with E-state index >= 15 is 0 Å². The number of carbonyl (C=O) groups is 1. The van der Waals surface area contributed by atoms with Crippen molar-refractivity contribution in [1.29, 1.82) is 0 Å². The number of benzene rings is 2. The second-order valence-corrected chi connectivity index (χ2v) is 8.49. The van der Waals surface area contributed by atoms with Gasteiger partial charge in [-0.15, -0.1) is 11.3 Å². The van der Waals surface area contributed by atoms with Gasteiger partial charge in [0.05, 0.1) is 15.8 Å². The van der Waals surface area contributed by atoms with Crippen LogP contribution in [0.3, 0.4) is 0 Å². The van der Waals surface area contributed by atoms with Gasteiger partial charge in [0, 0.05) is 33.8 Å². The van der Waals surface area contributed by atoms with E-state index in [0.717, 1.165) is 31.4 Å². The molecule has 2 aromatic carbocycles. The summed E-state index contributed by atoms with van der Waals surface area (Å²) in [5.74, 6) is -0.114. The van der Waals surface area contributed by atoms with Crippen molar-refractivity contribution in [2.75, 3.05) is 5.32 Å². The number of nitrogens with one attached hydrogen (secondary N) is 1. The first-order valence-corrected chi connectivity index (χ1v) is 10.6. The van der Waals surface area contributed by atoms with Crippen LogP contribution in [0.4, 0.5) is 5.69 Å². The van der Waals surface area contributed by atoms with Gasteiger partial charge in [0.1, 0.15) is 0 Å². The predicted octanol–water partition coefficient (Wildman–Crippen LogP) is 5.30. The topological polar surface area (TPSA) is 64.0 Å². The van der Waals surface area contributed by atoms with Gasteiger partial charge in [-0.25, -0.2) is 4.68 Å². The highest BCUT2D eigenvalue weighted by Crippen LogP contribution is 2.32. The quantitative estimate of drug-likeness (QED) is 0.471. The molecule has 0 atom stereocenters. The number of amides is 1. The first kappa shape index (κ1) is 19.6. The number of rotatable bonds is 5. The highest BCUT2D eigenvalue weighted by Gasteiger charge is 2.14. The maximum absolute atomic E-state index is 13.0. The van der Waals surface area contributed by atoms with E-state index in [9.17, 15) is 9.59 Å². The van der Waals surface area contributed by atoms with Crippen molar-refractivity contribution in [2.24, 2.45) is 0 Å². The summed E-state index contributed by atoms with van der Waals surface area (Å²) in [6.45, 7) is 4.22. The summed E-state index contributed by atoms with van der Waals surface area (Å²) in [7, 11) is 0. The van der Waals surface area contributed by atoms with Crippen molar-refractivity contribution in [3.05, 3.63) is 69.1 Å². The molecule has 29 heavy (non-hydrogen) atoms. The number of aryl methyl sites for hydroxylation is 3. The lowest BCUT2D eigenvalue weighted by molar-refractivity contribution is -0.116. The fourth-order valence-corrected chi connectivity index (χ4v) is 4.66. The second-order valence-electron chi connectivity index (χ2n) is 7.03. The monoisotopic (exact) mass is 425 g/mol. The zero-order valence-corrected chi connectivity index (χ0v) is 17.7. The van der Waals surface area contributed by atoms with Gasteiger partial charge in [-0.2, -0.15) is 5.10 Å². The smallest absolute Gasteiger partial charge is 0.276 e. The van der Waals surface area contributed by atoms with Crippen LogP contribution in [-0.2, 0) is 11.3 Å². The molecule has 5 nitrogen and oxygen atoms in total. The van der Waals surface area contributed by atoms with Gasteiger partial charge in [0.2, 0.25) is 5.91 Å². The first-order chi connectivity index (χ1) is 13.9. The molecule has 0 radical (unpaired) electrons. The minimum atomic E-state index is -0.114. The molecule has 0 unspecified atom stereocenters. The Bertz CT molecular complexity index is 1290. The lowest BCUT2D eigenvalue weighted by Crippen LogP contribution is -2.24. The SMILES string of the molecule is Cc1ccc(NC(=O)CCCn2nc(C)c3sc4ccccc4c3c2=O)cc1Cl. The van der Waals surface area contributed by atoms with Gasteiger partial charge >= 0.3 is 0 Å². The number of carbonyl (C=O) groups excluding carboxylic acids is 1. The fourth-order valence-electron chi connectivity index (χ4n) is 3.35. The first-order valence-electron chi connectivity index (χ1n) is 9.39. The molecule has 1 N–H and O–H groups in total. The number of thiophene rings is 1. The van der Waals surface area contributed by atoms with E-state index < -0.39 is 0 Å². The van der Waals surface area contributed by atoms with Gasteiger partial charge < -0.3 is 5.32 Å². The summed E-state index contributed by atoms with van der Waals surface area (Å²) in [6, 6.07) is 13.3. The Hall–Kier alpha value is -2.70. The molecule has 0 fully saturated rings. The maximum Gasteiger partial charge on any atom is 0.276 e. The third kappa shape index (κ3) is 3.91. The van der Waals surface area contributed by atoms with E-state index in [2.05, 4.69) is 10.4 Å². The van der Waals surface area contributed by atoms with Crippen LogP contribution in [0.25, 0.3) is 20.2 Å². The Morgan fingerprint density at radius 2 is 2.00 bits per heavy atom. The summed E-state index contributed by atoms with van der Waals surface area (Å²) < 4.78 is 3.49. The van der Waals surface area contributed by atoms with E-state index in [0.29, 0.717) is 30.1 Å². The van der Waals surface area contributed by atoms with Crippen molar-refractivity contribution in [3.63, 3.8) is 0 Å². The third-order valence-corrected chi connectivity index (χ3v) is 6.56. The van der Waals surface area contributed by atoms with Gasteiger partial charge in [-0.05, 0) is 44.0 Å². The molecule has 148 valence electrons. The average Bonchev–Trinajstić information content (AvgIpc) is 3.09. The molecular weight excluding hydrogens is 406 g/mol. The Morgan fingerprint density at radius 3 is 2.79 bits per heavy atom. The highest BCUT2D eigenvalue weighted by molar-refractivity contribution is 7.26. The molecular formula is C22H20ClN3O2S. The second kappa shape index (κ2) is 7.97. The van der Waals surface area contributed by atoms with Crippen LogP contribution in [0.5, 0.6) is 0 Å². The lowest BCUT2D eigenvalue weighted by Gasteiger charge is -2.08. The summed E-state index contributed by atoms with van der Waals surface area (Å²) in [6.07, 6.45) is 0.812. The largest absolute Gasteiger partial charge is 0.326 e. The van der Waals surface area contributed by atoms with Crippen LogP contribution in [0, 0.1) is 13.8 Å². The molecule has 4 rings (SSSR count). The van der Waals surface area contributed by atoms with Crippen LogP contribution in [0.15, 0.2) is 47.3 Å². The molecule has 0 bridgehead atoms. The summed E-state index contributed by atoms with van der Waals surface area (Å²) in [5, 5.41) is 9.61. The number of hydrogen-bond acceptors (Lipinski definition) is 4. The number of fused-ring (bicyclic) bond motifs is 3. The van der Waals surface area contributed by atoms with E-state index in [4.69, 9.17) is 11.6 Å². The third-order valence-electron chi connectivity index (χ3n) is 4.87. The Morgan fingerprint density at radius 1 is 1.21 bits per heavy atom. The van der Waals surface area contributed by atoms with Crippen LogP contribution < -0.4 is 10.9 Å². The summed E-state index contributed by atoms with van der Waals surface area (Å²) in [5.41, 5.74) is 2.36. The molecule has 2 heterocycles. The number of halogens is 1. The van der Waals surface area contributed by atoms with E-state index in [1.54, 1.807) is 17.4 Å². The zero-order valence-electron chi connectivity index (χ0n) is 16.2. The molecule has 7 heteroatoms. The lowest BCUT2D eigenvalue weighted by atomic mass is 10.2. The van der Waals surface area contributed by atoms with Crippen molar-refractivity contribution < 1.29 is 4.79 Å². The molecule has 2 aromatic heterocycles. The molecule has 0 spiro atoms. The molecule has 0 aliphatic carbocycles. The molecule has 0 saturated carbocycles. The Balaban J connectivity index is 1.49. The van der Waals surface area contributed by atoms with E-state index in [1.807, 2.05) is 50.2 Å². The van der Waals surface area contributed by atoms with Crippen LogP contribution in [0.2, 0.25) is 5.02 Å². The van der Waals surface area contributed by atoms with Gasteiger partial charge in [0.15, 0.2) is 0 Å². The van der Waals surface area contributed by atoms with Crippen molar-refractivity contribution in [1.82, 2.24) is 9.78 Å². The minimum Gasteiger partial charge on any atom is -0.326 e. The number of hydrogen-bond donors (Lipinski definition) is 1. The van der Waals surface area contributed by atoms with Crippen molar-refractivity contribution >= 4 is 54.7 Å². The van der Waals surface area contributed by atoms with E-state index in [-0.39, 0.29) is 11.5 Å². The Kier molecular flexibility index (Phi) is 5.39. The highest BCUT2D eigenvalue weighted by atomic mass is 35.5. The van der Waals surface area contributed by atoms with E-state index in [1.165, 1.54) is 4.68 Å². The van der Waals surface area contributed by atoms with Crippen molar-refractivity contribution in [3.8, 4) is 0 Å². The number of anilines is 1. The van der Waals surface area contributed by atoms with Gasteiger partial charge in [-0.3, -0.25) is 9.59 Å². The average molecular weight is 426 g/mol. The molecule has 0 aliphatic rings. The summed E-state index contributed by atoms with van der Waals surface area (Å²) >= 11 is 7.69. The van der Waals surface area contributed by atoms with Crippen LogP contribution in [-0.4, -0.2) is 15.7 Å². The number of aromatic nitrogens is 2. The van der Waals surface area contributed by atoms with Crippen LogP contribution in [0.1, 0.15) is 24.1 Å². The molecule has 0 saturated heterocycles. The minimum absolute atomic E-state index is 0.103. The predicted molar refractivity (Wildman–Crippen MR) is 120 cm³/mol. The fraction of sp³-hybridized carbons (Fsp3) is 0.227. The maximum atomic E-state index is 13.0. The summed E-state index contributed by atoms with van der Waals surface area (Å²) in [4.78, 5) is 25.2. The molecule has 0 aliphatic heterocycles. The standard InChI is InChI=1S/C22H20ClN3O2S/c1-13-9-10-15(12-17(13)23)24-19(27)8-5-11-26-22(28)20-16-6-3-4-7-18(16)29-21(20)14(2)25-26/h3-4,6-7,9-10,12H,5,8,11H2,1-2H3,(H,24,27). The van der Waals surface area contributed by atoms with Crippen LogP contribution >= 0.6 is 22.9 Å². The Labute approximate surface area is 176 Å². The molecule has 1 amide bonds. The van der Waals surface area contributed by atoms with Crippen molar-refractivity contribution in [2.45, 2.75) is 33.2 Å². The molecule has 4 aromatic rings. The normalized spacial score (nSPS) is 11.3. The van der Waals surface area contributed by atoms with Gasteiger partial charge in [-0.1, -0.05) is 35.9 Å².